The monoisotopic (exact) mass is 336 g/mol. The van der Waals surface area contributed by atoms with Gasteiger partial charge in [-0.2, -0.15) is 0 Å². The first-order valence-electron chi connectivity index (χ1n) is 8.49. The summed E-state index contributed by atoms with van der Waals surface area (Å²) < 4.78 is 5.89. The number of nitrogens with zero attached hydrogens (tertiary/aromatic N) is 1. The van der Waals surface area contributed by atoms with E-state index in [2.05, 4.69) is 24.1 Å². The van der Waals surface area contributed by atoms with Crippen molar-refractivity contribution in [2.24, 2.45) is 5.41 Å². The van der Waals surface area contributed by atoms with Crippen LogP contribution in [0.25, 0.3) is 22.6 Å². The van der Waals surface area contributed by atoms with Gasteiger partial charge in [0.25, 0.3) is 0 Å². The molecule has 0 saturated carbocycles. The van der Waals surface area contributed by atoms with Gasteiger partial charge in [-0.25, -0.2) is 4.98 Å². The first-order chi connectivity index (χ1) is 11.7. The Kier molecular flexibility index (Phi) is 4.38. The van der Waals surface area contributed by atoms with Crippen molar-refractivity contribution >= 4 is 17.0 Å². The van der Waals surface area contributed by atoms with Crippen LogP contribution in [0.3, 0.4) is 0 Å². The van der Waals surface area contributed by atoms with Crippen molar-refractivity contribution in [3.8, 4) is 11.5 Å². The fourth-order valence-electron chi connectivity index (χ4n) is 2.52. The molecule has 4 heteroatoms. The third-order valence-corrected chi connectivity index (χ3v) is 4.34. The minimum absolute atomic E-state index is 0.0428. The SMILES string of the molecule is Cc1cc2nc(-c3ccc(CNC(=O)C(C)(C)C)cc3)oc2cc1C. The molecule has 0 aliphatic heterocycles. The largest absolute Gasteiger partial charge is 0.436 e. The number of hydrogen-bond acceptors (Lipinski definition) is 3. The van der Waals surface area contributed by atoms with Crippen LogP contribution in [-0.4, -0.2) is 10.9 Å². The Bertz CT molecular complexity index is 876. The number of oxazole rings is 1. The van der Waals surface area contributed by atoms with Crippen molar-refractivity contribution in [1.29, 1.82) is 0 Å². The summed E-state index contributed by atoms with van der Waals surface area (Å²) in [6.07, 6.45) is 0. The normalized spacial score (nSPS) is 11.7. The predicted molar refractivity (Wildman–Crippen MR) is 100 cm³/mol. The van der Waals surface area contributed by atoms with E-state index in [-0.39, 0.29) is 11.3 Å². The summed E-state index contributed by atoms with van der Waals surface area (Å²) in [6.45, 7) is 10.4. The van der Waals surface area contributed by atoms with Crippen LogP contribution in [0.15, 0.2) is 40.8 Å². The first-order valence-corrected chi connectivity index (χ1v) is 8.49. The maximum Gasteiger partial charge on any atom is 0.227 e. The summed E-state index contributed by atoms with van der Waals surface area (Å²) in [4.78, 5) is 16.5. The maximum absolute atomic E-state index is 11.9. The van der Waals surface area contributed by atoms with Gasteiger partial charge < -0.3 is 9.73 Å². The van der Waals surface area contributed by atoms with Crippen LogP contribution < -0.4 is 5.32 Å². The second kappa shape index (κ2) is 6.36. The molecule has 0 bridgehead atoms. The smallest absolute Gasteiger partial charge is 0.227 e. The van der Waals surface area contributed by atoms with E-state index >= 15 is 0 Å². The van der Waals surface area contributed by atoms with Gasteiger partial charge in [-0.3, -0.25) is 4.79 Å². The average Bonchev–Trinajstić information content (AvgIpc) is 2.95. The Morgan fingerprint density at radius 1 is 1.08 bits per heavy atom. The van der Waals surface area contributed by atoms with E-state index in [4.69, 9.17) is 4.42 Å². The van der Waals surface area contributed by atoms with Crippen molar-refractivity contribution in [2.45, 2.75) is 41.2 Å². The summed E-state index contributed by atoms with van der Waals surface area (Å²) in [5, 5.41) is 2.95. The number of carbonyl (C=O) groups excluding carboxylic acids is 1. The zero-order valence-electron chi connectivity index (χ0n) is 15.4. The number of carbonyl (C=O) groups is 1. The fourth-order valence-corrected chi connectivity index (χ4v) is 2.52. The molecule has 25 heavy (non-hydrogen) atoms. The Morgan fingerprint density at radius 2 is 1.72 bits per heavy atom. The van der Waals surface area contributed by atoms with Crippen LogP contribution >= 0.6 is 0 Å². The van der Waals surface area contributed by atoms with E-state index in [1.165, 1.54) is 11.1 Å². The number of amides is 1. The van der Waals surface area contributed by atoms with Crippen LogP contribution in [0.4, 0.5) is 0 Å². The molecule has 0 radical (unpaired) electrons. The molecule has 0 fully saturated rings. The summed E-state index contributed by atoms with van der Waals surface area (Å²) in [5.41, 5.74) is 5.67. The zero-order valence-corrected chi connectivity index (χ0v) is 15.4. The standard InChI is InChI=1S/C21H24N2O2/c1-13-10-17-18(11-14(13)2)25-19(23-17)16-8-6-15(7-9-16)12-22-20(24)21(3,4)5/h6-11H,12H2,1-5H3,(H,22,24). The van der Waals surface area contributed by atoms with Gasteiger partial charge in [0.05, 0.1) is 0 Å². The molecular formula is C21H24N2O2. The van der Waals surface area contributed by atoms with Crippen molar-refractivity contribution < 1.29 is 9.21 Å². The third kappa shape index (κ3) is 3.73. The Balaban J connectivity index is 1.77. The molecule has 0 atom stereocenters. The van der Waals surface area contributed by atoms with Crippen molar-refractivity contribution in [2.75, 3.05) is 0 Å². The van der Waals surface area contributed by atoms with Crippen molar-refractivity contribution in [1.82, 2.24) is 10.3 Å². The summed E-state index contributed by atoms with van der Waals surface area (Å²) in [7, 11) is 0. The Hall–Kier alpha value is -2.62. The lowest BCUT2D eigenvalue weighted by Gasteiger charge is -2.17. The van der Waals surface area contributed by atoms with Crippen LogP contribution in [0.1, 0.15) is 37.5 Å². The number of fused-ring (bicyclic) bond motifs is 1. The first kappa shape index (κ1) is 17.2. The highest BCUT2D eigenvalue weighted by atomic mass is 16.3. The summed E-state index contributed by atoms with van der Waals surface area (Å²) in [5.74, 6) is 0.659. The Morgan fingerprint density at radius 3 is 2.36 bits per heavy atom. The molecule has 4 nitrogen and oxygen atoms in total. The lowest BCUT2D eigenvalue weighted by Crippen LogP contribution is -2.34. The van der Waals surface area contributed by atoms with E-state index in [0.717, 1.165) is 22.2 Å². The van der Waals surface area contributed by atoms with E-state index in [1.54, 1.807) is 0 Å². The molecule has 1 heterocycles. The third-order valence-electron chi connectivity index (χ3n) is 4.34. The van der Waals surface area contributed by atoms with Crippen LogP contribution in [0.5, 0.6) is 0 Å². The Labute approximate surface area is 148 Å². The van der Waals surface area contributed by atoms with Gasteiger partial charge in [0.2, 0.25) is 11.8 Å². The highest BCUT2D eigenvalue weighted by Crippen LogP contribution is 2.26. The molecule has 0 spiro atoms. The molecule has 2 aromatic carbocycles. The summed E-state index contributed by atoms with van der Waals surface area (Å²) >= 11 is 0. The van der Waals surface area contributed by atoms with Crippen molar-refractivity contribution in [3.63, 3.8) is 0 Å². The van der Waals surface area contributed by atoms with Crippen LogP contribution in [0, 0.1) is 19.3 Å². The highest BCUT2D eigenvalue weighted by molar-refractivity contribution is 5.81. The van der Waals surface area contributed by atoms with Gasteiger partial charge >= 0.3 is 0 Å². The number of rotatable bonds is 3. The minimum atomic E-state index is -0.381. The zero-order chi connectivity index (χ0) is 18.2. The molecule has 0 unspecified atom stereocenters. The van der Waals surface area contributed by atoms with Gasteiger partial charge in [-0.15, -0.1) is 0 Å². The van der Waals surface area contributed by atoms with Gasteiger partial charge in [0.15, 0.2) is 5.58 Å². The van der Waals surface area contributed by atoms with E-state index in [9.17, 15) is 4.79 Å². The second-order valence-electron chi connectivity index (χ2n) is 7.55. The van der Waals surface area contributed by atoms with Crippen molar-refractivity contribution in [3.05, 3.63) is 53.1 Å². The minimum Gasteiger partial charge on any atom is -0.436 e. The molecule has 0 aliphatic rings. The fraction of sp³-hybridized carbons (Fsp3) is 0.333. The van der Waals surface area contributed by atoms with Gasteiger partial charge in [-0.1, -0.05) is 32.9 Å². The topological polar surface area (TPSA) is 55.1 Å². The van der Waals surface area contributed by atoms with E-state index in [0.29, 0.717) is 12.4 Å². The van der Waals surface area contributed by atoms with E-state index < -0.39 is 0 Å². The number of nitrogens with one attached hydrogen (secondary N) is 1. The highest BCUT2D eigenvalue weighted by Gasteiger charge is 2.20. The quantitative estimate of drug-likeness (QED) is 0.749. The average molecular weight is 336 g/mol. The molecule has 1 aromatic heterocycles. The molecule has 1 amide bonds. The number of hydrogen-bond donors (Lipinski definition) is 1. The molecule has 3 rings (SSSR count). The number of benzene rings is 2. The summed E-state index contributed by atoms with van der Waals surface area (Å²) in [6, 6.07) is 12.0. The molecule has 0 saturated heterocycles. The predicted octanol–water partition coefficient (Wildman–Crippen LogP) is 4.77. The molecule has 1 N–H and O–H groups in total. The number of aromatic nitrogens is 1. The lowest BCUT2D eigenvalue weighted by molar-refractivity contribution is -0.128. The molecule has 0 aliphatic carbocycles. The second-order valence-corrected chi connectivity index (χ2v) is 7.55. The van der Waals surface area contributed by atoms with Gasteiger partial charge in [0.1, 0.15) is 5.52 Å². The van der Waals surface area contributed by atoms with Gasteiger partial charge in [0, 0.05) is 17.5 Å². The maximum atomic E-state index is 11.9. The number of aryl methyl sites for hydroxylation is 2. The van der Waals surface area contributed by atoms with E-state index in [1.807, 2.05) is 57.2 Å². The van der Waals surface area contributed by atoms with Gasteiger partial charge in [-0.05, 0) is 54.8 Å². The van der Waals surface area contributed by atoms with Crippen LogP contribution in [0.2, 0.25) is 0 Å². The molecular weight excluding hydrogens is 312 g/mol. The molecule has 130 valence electrons. The molecule has 3 aromatic rings. The lowest BCUT2D eigenvalue weighted by atomic mass is 9.95. The van der Waals surface area contributed by atoms with Crippen LogP contribution in [-0.2, 0) is 11.3 Å².